The van der Waals surface area contributed by atoms with E-state index in [0.29, 0.717) is 0 Å². The highest BCUT2D eigenvalue weighted by atomic mass is 16.6. The second-order valence-corrected chi connectivity index (χ2v) is 5.61. The lowest BCUT2D eigenvalue weighted by molar-refractivity contribution is -0.357. The standard InChI is InChI=1S/C10H17N7O6/c11-5-15-4-3(1-23-7(13)18)14-6(12)17-2-8(19,20)10(21,22)9(4,17)16-5/h3-4,19-22H,1-2H2,(H2,12,14)(H2,13,18)(H3,11,15,16)/t3-,4-,9-/m0/s1. The minimum absolute atomic E-state index is 0.195. The maximum Gasteiger partial charge on any atom is 0.404 e. The fourth-order valence-electron chi connectivity index (χ4n) is 3.25. The topological polar surface area (TPSA) is 225 Å². The molecule has 3 aliphatic rings. The molecule has 0 bridgehead atoms. The van der Waals surface area contributed by atoms with Gasteiger partial charge in [0.15, 0.2) is 11.9 Å². The fraction of sp³-hybridized carbons (Fsp3) is 0.700. The molecule has 11 N–H and O–H groups in total. The van der Waals surface area contributed by atoms with Crippen LogP contribution in [0.1, 0.15) is 0 Å². The van der Waals surface area contributed by atoms with Crippen molar-refractivity contribution in [1.29, 1.82) is 0 Å². The highest BCUT2D eigenvalue weighted by Gasteiger charge is 2.78. The minimum Gasteiger partial charge on any atom is -0.447 e. The zero-order valence-corrected chi connectivity index (χ0v) is 11.7. The van der Waals surface area contributed by atoms with E-state index in [0.717, 1.165) is 4.90 Å². The van der Waals surface area contributed by atoms with Crippen molar-refractivity contribution in [2.45, 2.75) is 29.3 Å². The number of rotatable bonds is 2. The molecule has 23 heavy (non-hydrogen) atoms. The molecule has 3 heterocycles. The third-order valence-corrected chi connectivity index (χ3v) is 4.25. The first-order valence-corrected chi connectivity index (χ1v) is 6.57. The van der Waals surface area contributed by atoms with E-state index in [2.05, 4.69) is 20.0 Å². The summed E-state index contributed by atoms with van der Waals surface area (Å²) in [7, 11) is 0. The second-order valence-electron chi connectivity index (χ2n) is 5.61. The first kappa shape index (κ1) is 15.5. The first-order chi connectivity index (χ1) is 10.5. The molecule has 3 rings (SSSR count). The second kappa shape index (κ2) is 4.35. The summed E-state index contributed by atoms with van der Waals surface area (Å²) in [6, 6.07) is -2.11. The van der Waals surface area contributed by atoms with Crippen LogP contribution in [0.25, 0.3) is 0 Å². The first-order valence-electron chi connectivity index (χ1n) is 6.57. The Bertz CT molecular complexity index is 619. The number of aliphatic imine (C=N–C) groups is 2. The average molecular weight is 331 g/mol. The number of ether oxygens (including phenoxy) is 1. The molecule has 13 nitrogen and oxygen atoms in total. The Balaban J connectivity index is 2.08. The number of hydrogen-bond acceptors (Lipinski definition) is 12. The number of aliphatic hydroxyl groups is 4. The molecule has 128 valence electrons. The van der Waals surface area contributed by atoms with Crippen LogP contribution in [-0.2, 0) is 4.74 Å². The summed E-state index contributed by atoms with van der Waals surface area (Å²) >= 11 is 0. The van der Waals surface area contributed by atoms with E-state index in [1.165, 1.54) is 0 Å². The molecule has 0 radical (unpaired) electrons. The van der Waals surface area contributed by atoms with Crippen molar-refractivity contribution in [2.75, 3.05) is 13.2 Å². The molecule has 0 aliphatic carbocycles. The number of carbonyl (C=O) groups is 1. The van der Waals surface area contributed by atoms with Gasteiger partial charge in [0.05, 0.1) is 6.54 Å². The summed E-state index contributed by atoms with van der Waals surface area (Å²) in [5.74, 6) is -6.49. The maximum atomic E-state index is 10.8. The number of hydrogen-bond donors (Lipinski definition) is 8. The van der Waals surface area contributed by atoms with E-state index >= 15 is 0 Å². The van der Waals surface area contributed by atoms with Crippen LogP contribution < -0.4 is 22.5 Å². The van der Waals surface area contributed by atoms with Crippen LogP contribution in [0.2, 0.25) is 0 Å². The Labute approximate surface area is 129 Å². The van der Waals surface area contributed by atoms with Crippen molar-refractivity contribution in [3.8, 4) is 0 Å². The van der Waals surface area contributed by atoms with Gasteiger partial charge < -0.3 is 52.6 Å². The number of nitrogens with zero attached hydrogens (tertiary/aromatic N) is 3. The quantitative estimate of drug-likeness (QED) is 0.224. The van der Waals surface area contributed by atoms with E-state index in [-0.39, 0.29) is 18.5 Å². The van der Waals surface area contributed by atoms with Gasteiger partial charge in [-0.1, -0.05) is 0 Å². The number of guanidine groups is 2. The lowest BCUT2D eigenvalue weighted by Gasteiger charge is -2.48. The number of primary amides is 1. The van der Waals surface area contributed by atoms with E-state index in [9.17, 15) is 25.2 Å². The van der Waals surface area contributed by atoms with Crippen molar-refractivity contribution in [1.82, 2.24) is 10.2 Å². The summed E-state index contributed by atoms with van der Waals surface area (Å²) < 4.78 is 4.67. The van der Waals surface area contributed by atoms with Crippen molar-refractivity contribution in [3.05, 3.63) is 0 Å². The van der Waals surface area contributed by atoms with Crippen LogP contribution in [0.4, 0.5) is 4.79 Å². The number of amides is 1. The van der Waals surface area contributed by atoms with E-state index < -0.39 is 42.0 Å². The Kier molecular flexibility index (Phi) is 2.94. The molecule has 1 spiro atoms. The summed E-state index contributed by atoms with van der Waals surface area (Å²) in [6.45, 7) is -1.03. The molecule has 0 aromatic carbocycles. The number of nitrogens with two attached hydrogens (primary N) is 3. The van der Waals surface area contributed by atoms with Crippen LogP contribution in [0.3, 0.4) is 0 Å². The molecule has 3 atom stereocenters. The van der Waals surface area contributed by atoms with Crippen LogP contribution >= 0.6 is 0 Å². The SMILES string of the molecule is NC(=O)OC[C@@H]1N=C(N)N2CC(O)(O)C(O)(O)[C@@]23NC(N)=N[C@@H]13. The van der Waals surface area contributed by atoms with Crippen LogP contribution in [0, 0.1) is 0 Å². The lowest BCUT2D eigenvalue weighted by atomic mass is 9.85. The molecule has 1 amide bonds. The smallest absolute Gasteiger partial charge is 0.404 e. The van der Waals surface area contributed by atoms with Gasteiger partial charge in [0.25, 0.3) is 5.79 Å². The molecule has 13 heteroatoms. The van der Waals surface area contributed by atoms with Gasteiger partial charge in [-0.05, 0) is 0 Å². The number of carbonyl (C=O) groups excluding carboxylic acids is 1. The molecule has 0 aromatic heterocycles. The summed E-state index contributed by atoms with van der Waals surface area (Å²) in [6.07, 6.45) is -1.07. The Morgan fingerprint density at radius 2 is 2.00 bits per heavy atom. The van der Waals surface area contributed by atoms with Crippen molar-refractivity contribution >= 4 is 18.0 Å². The Morgan fingerprint density at radius 1 is 1.35 bits per heavy atom. The van der Waals surface area contributed by atoms with Gasteiger partial charge in [-0.3, -0.25) is 0 Å². The zero-order chi connectivity index (χ0) is 17.2. The van der Waals surface area contributed by atoms with Crippen LogP contribution in [0.15, 0.2) is 9.98 Å². The van der Waals surface area contributed by atoms with Gasteiger partial charge >= 0.3 is 6.09 Å². The zero-order valence-electron chi connectivity index (χ0n) is 11.7. The van der Waals surface area contributed by atoms with Crippen molar-refractivity contribution in [3.63, 3.8) is 0 Å². The third kappa shape index (κ3) is 1.78. The predicted octanol–water partition coefficient (Wildman–Crippen LogP) is -5.56. The number of nitrogens with one attached hydrogen (secondary N) is 1. The predicted molar refractivity (Wildman–Crippen MR) is 73.3 cm³/mol. The van der Waals surface area contributed by atoms with Gasteiger partial charge in [-0.15, -0.1) is 0 Å². The van der Waals surface area contributed by atoms with Crippen molar-refractivity contribution < 1.29 is 30.0 Å². The van der Waals surface area contributed by atoms with Gasteiger partial charge in [-0.2, -0.15) is 0 Å². The molecule has 0 aromatic rings. The molecule has 1 saturated heterocycles. The highest BCUT2D eigenvalue weighted by Crippen LogP contribution is 2.47. The fourth-order valence-corrected chi connectivity index (χ4v) is 3.25. The monoisotopic (exact) mass is 331 g/mol. The van der Waals surface area contributed by atoms with E-state index in [4.69, 9.17) is 17.2 Å². The van der Waals surface area contributed by atoms with Gasteiger partial charge in [0.2, 0.25) is 11.4 Å². The summed E-state index contributed by atoms with van der Waals surface area (Å²) in [5.41, 5.74) is 14.3. The Morgan fingerprint density at radius 3 is 2.61 bits per heavy atom. The van der Waals surface area contributed by atoms with Gasteiger partial charge in [0, 0.05) is 0 Å². The molecular weight excluding hydrogens is 314 g/mol. The minimum atomic E-state index is -3.11. The van der Waals surface area contributed by atoms with Gasteiger partial charge in [-0.25, -0.2) is 14.8 Å². The van der Waals surface area contributed by atoms with E-state index in [1.54, 1.807) is 0 Å². The largest absolute Gasteiger partial charge is 0.447 e. The lowest BCUT2D eigenvalue weighted by Crippen LogP contribution is -2.78. The maximum absolute atomic E-state index is 10.8. The molecule has 0 unspecified atom stereocenters. The molecule has 1 fully saturated rings. The highest BCUT2D eigenvalue weighted by molar-refractivity contribution is 5.87. The van der Waals surface area contributed by atoms with Gasteiger partial charge in [0.1, 0.15) is 18.7 Å². The van der Waals surface area contributed by atoms with Crippen molar-refractivity contribution in [2.24, 2.45) is 27.2 Å². The Hall–Kier alpha value is -2.35. The molecule has 3 aliphatic heterocycles. The summed E-state index contributed by atoms with van der Waals surface area (Å²) in [4.78, 5) is 19.9. The molecular formula is C10H17N7O6. The normalized spacial score (nSPS) is 36.4. The van der Waals surface area contributed by atoms with E-state index in [1.807, 2.05) is 0 Å². The van der Waals surface area contributed by atoms with Crippen LogP contribution in [-0.4, -0.2) is 85.8 Å². The average Bonchev–Trinajstić information content (AvgIpc) is 2.85. The third-order valence-electron chi connectivity index (χ3n) is 4.25. The van der Waals surface area contributed by atoms with Crippen LogP contribution in [0.5, 0.6) is 0 Å². The molecule has 0 saturated carbocycles. The summed E-state index contributed by atoms with van der Waals surface area (Å²) in [5, 5.41) is 43.2.